The summed E-state index contributed by atoms with van der Waals surface area (Å²) in [6.07, 6.45) is 1.10. The van der Waals surface area contributed by atoms with Gasteiger partial charge in [0.15, 0.2) is 5.96 Å². The molecule has 6 heteroatoms. The molecule has 116 valence electrons. The highest BCUT2D eigenvalue weighted by atomic mass is 79.9. The Balaban J connectivity index is 1.46. The van der Waals surface area contributed by atoms with Crippen LogP contribution >= 0.6 is 27.3 Å². The van der Waals surface area contributed by atoms with Crippen LogP contribution in [-0.2, 0) is 13.0 Å². The van der Waals surface area contributed by atoms with Gasteiger partial charge in [0.1, 0.15) is 11.9 Å². The van der Waals surface area contributed by atoms with E-state index in [1.807, 2.05) is 12.1 Å². The number of rotatable bonds is 4. The fourth-order valence-electron chi connectivity index (χ4n) is 2.42. The molecule has 0 spiro atoms. The van der Waals surface area contributed by atoms with E-state index in [0.717, 1.165) is 35.0 Å². The second-order valence-corrected chi connectivity index (χ2v) is 7.61. The minimum atomic E-state index is 0.159. The van der Waals surface area contributed by atoms with Gasteiger partial charge in [-0.3, -0.25) is 4.99 Å². The third kappa shape index (κ3) is 3.81. The SMILES string of the molecule is CN=C(NCc1ccc(Br)s1)NCC1Cc2ccccc2O1. The maximum Gasteiger partial charge on any atom is 0.191 e. The van der Waals surface area contributed by atoms with Crippen molar-refractivity contribution in [2.45, 2.75) is 19.1 Å². The average molecular weight is 380 g/mol. The smallest absolute Gasteiger partial charge is 0.191 e. The Bertz CT molecular complexity index is 646. The van der Waals surface area contributed by atoms with Gasteiger partial charge in [-0.1, -0.05) is 18.2 Å². The number of hydrogen-bond donors (Lipinski definition) is 2. The summed E-state index contributed by atoms with van der Waals surface area (Å²) in [4.78, 5) is 5.52. The minimum Gasteiger partial charge on any atom is -0.488 e. The van der Waals surface area contributed by atoms with E-state index in [9.17, 15) is 0 Å². The Hall–Kier alpha value is -1.53. The van der Waals surface area contributed by atoms with Crippen molar-refractivity contribution in [2.75, 3.05) is 13.6 Å². The lowest BCUT2D eigenvalue weighted by Gasteiger charge is -2.15. The van der Waals surface area contributed by atoms with Crippen molar-refractivity contribution in [3.8, 4) is 5.75 Å². The van der Waals surface area contributed by atoms with Gasteiger partial charge < -0.3 is 15.4 Å². The van der Waals surface area contributed by atoms with Gasteiger partial charge in [0.05, 0.1) is 16.9 Å². The lowest BCUT2D eigenvalue weighted by atomic mass is 10.1. The first-order valence-corrected chi connectivity index (χ1v) is 8.79. The van der Waals surface area contributed by atoms with E-state index in [4.69, 9.17) is 4.74 Å². The van der Waals surface area contributed by atoms with Gasteiger partial charge in [0.25, 0.3) is 0 Å². The van der Waals surface area contributed by atoms with E-state index >= 15 is 0 Å². The zero-order valence-electron chi connectivity index (χ0n) is 12.3. The van der Waals surface area contributed by atoms with Gasteiger partial charge in [-0.25, -0.2) is 0 Å². The summed E-state index contributed by atoms with van der Waals surface area (Å²) >= 11 is 5.20. The number of ether oxygens (including phenoxy) is 1. The zero-order valence-corrected chi connectivity index (χ0v) is 14.7. The van der Waals surface area contributed by atoms with Gasteiger partial charge >= 0.3 is 0 Å². The Labute approximate surface area is 142 Å². The van der Waals surface area contributed by atoms with Crippen LogP contribution in [0, 0.1) is 0 Å². The fraction of sp³-hybridized carbons (Fsp3) is 0.312. The molecule has 0 radical (unpaired) electrons. The zero-order chi connectivity index (χ0) is 15.4. The highest BCUT2D eigenvalue weighted by Gasteiger charge is 2.22. The van der Waals surface area contributed by atoms with Gasteiger partial charge in [-0.05, 0) is 39.7 Å². The maximum atomic E-state index is 5.92. The van der Waals surface area contributed by atoms with Crippen molar-refractivity contribution in [1.82, 2.24) is 10.6 Å². The quantitative estimate of drug-likeness (QED) is 0.633. The monoisotopic (exact) mass is 379 g/mol. The highest BCUT2D eigenvalue weighted by molar-refractivity contribution is 9.11. The van der Waals surface area contributed by atoms with Crippen LogP contribution in [-0.4, -0.2) is 25.7 Å². The molecule has 1 aliphatic heterocycles. The van der Waals surface area contributed by atoms with Crippen LogP contribution in [0.3, 0.4) is 0 Å². The number of nitrogens with one attached hydrogen (secondary N) is 2. The molecule has 1 atom stereocenters. The average Bonchev–Trinajstić information content (AvgIpc) is 3.13. The molecule has 1 aromatic heterocycles. The Morgan fingerprint density at radius 2 is 2.18 bits per heavy atom. The van der Waals surface area contributed by atoms with Crippen molar-refractivity contribution >= 4 is 33.2 Å². The largest absolute Gasteiger partial charge is 0.488 e. The molecule has 22 heavy (non-hydrogen) atoms. The maximum absolute atomic E-state index is 5.92. The molecular weight excluding hydrogens is 362 g/mol. The van der Waals surface area contributed by atoms with Crippen LogP contribution < -0.4 is 15.4 Å². The van der Waals surface area contributed by atoms with Gasteiger partial charge in [0, 0.05) is 18.3 Å². The standard InChI is InChI=1S/C16H18BrN3OS/c1-18-16(20-10-13-6-7-15(17)22-13)19-9-12-8-11-4-2-3-5-14(11)21-12/h2-7,12H,8-10H2,1H3,(H2,18,19,20). The van der Waals surface area contributed by atoms with Crippen LogP contribution in [0.1, 0.15) is 10.4 Å². The first-order chi connectivity index (χ1) is 10.7. The van der Waals surface area contributed by atoms with E-state index in [-0.39, 0.29) is 6.10 Å². The molecule has 4 nitrogen and oxygen atoms in total. The number of halogens is 1. The van der Waals surface area contributed by atoms with Gasteiger partial charge in [-0.15, -0.1) is 11.3 Å². The summed E-state index contributed by atoms with van der Waals surface area (Å²) < 4.78 is 7.06. The lowest BCUT2D eigenvalue weighted by molar-refractivity contribution is 0.235. The first kappa shape index (κ1) is 15.4. The highest BCUT2D eigenvalue weighted by Crippen LogP contribution is 2.27. The van der Waals surface area contributed by atoms with E-state index < -0.39 is 0 Å². The normalized spacial score (nSPS) is 17.0. The molecule has 1 unspecified atom stereocenters. The van der Waals surface area contributed by atoms with E-state index in [1.165, 1.54) is 10.4 Å². The number of para-hydroxylation sites is 1. The van der Waals surface area contributed by atoms with Gasteiger partial charge in [0.2, 0.25) is 0 Å². The Kier molecular flexibility index (Phi) is 5.00. The molecule has 0 aliphatic carbocycles. The van der Waals surface area contributed by atoms with Crippen molar-refractivity contribution in [3.05, 3.63) is 50.6 Å². The number of hydrogen-bond acceptors (Lipinski definition) is 3. The van der Waals surface area contributed by atoms with Crippen LogP contribution in [0.4, 0.5) is 0 Å². The molecule has 1 aromatic carbocycles. The second kappa shape index (κ2) is 7.15. The number of benzene rings is 1. The Morgan fingerprint density at radius 3 is 2.91 bits per heavy atom. The number of aliphatic imine (C=N–C) groups is 1. The molecule has 0 bridgehead atoms. The molecule has 0 amide bonds. The third-order valence-corrected chi connectivity index (χ3v) is 5.12. The molecular formula is C16H18BrN3OS. The molecule has 1 aliphatic rings. The molecule has 0 saturated carbocycles. The van der Waals surface area contributed by atoms with Crippen LogP contribution in [0.15, 0.2) is 45.2 Å². The summed E-state index contributed by atoms with van der Waals surface area (Å²) in [6, 6.07) is 12.4. The molecule has 0 saturated heterocycles. The third-order valence-electron chi connectivity index (χ3n) is 3.49. The molecule has 2 N–H and O–H groups in total. The predicted octanol–water partition coefficient (Wildman–Crippen LogP) is 3.18. The van der Waals surface area contributed by atoms with Crippen molar-refractivity contribution < 1.29 is 4.74 Å². The molecule has 0 fully saturated rings. The predicted molar refractivity (Wildman–Crippen MR) is 94.8 cm³/mol. The summed E-state index contributed by atoms with van der Waals surface area (Å²) in [5, 5.41) is 6.65. The van der Waals surface area contributed by atoms with Crippen LogP contribution in [0.2, 0.25) is 0 Å². The number of thiophene rings is 1. The summed E-state index contributed by atoms with van der Waals surface area (Å²) in [7, 11) is 1.78. The topological polar surface area (TPSA) is 45.7 Å². The van der Waals surface area contributed by atoms with E-state index in [0.29, 0.717) is 0 Å². The van der Waals surface area contributed by atoms with Crippen molar-refractivity contribution in [3.63, 3.8) is 0 Å². The van der Waals surface area contributed by atoms with Crippen LogP contribution in [0.5, 0.6) is 5.75 Å². The number of fused-ring (bicyclic) bond motifs is 1. The van der Waals surface area contributed by atoms with Gasteiger partial charge in [-0.2, -0.15) is 0 Å². The van der Waals surface area contributed by atoms with E-state index in [1.54, 1.807) is 18.4 Å². The first-order valence-electron chi connectivity index (χ1n) is 7.18. The van der Waals surface area contributed by atoms with Crippen molar-refractivity contribution in [1.29, 1.82) is 0 Å². The lowest BCUT2D eigenvalue weighted by Crippen LogP contribution is -2.41. The van der Waals surface area contributed by atoms with E-state index in [2.05, 4.69) is 55.8 Å². The Morgan fingerprint density at radius 1 is 1.32 bits per heavy atom. The minimum absolute atomic E-state index is 0.159. The van der Waals surface area contributed by atoms with Crippen molar-refractivity contribution in [2.24, 2.45) is 4.99 Å². The number of nitrogens with zero attached hydrogens (tertiary/aromatic N) is 1. The number of guanidine groups is 1. The molecule has 3 rings (SSSR count). The summed E-state index contributed by atoms with van der Waals surface area (Å²) in [6.45, 7) is 1.50. The van der Waals surface area contributed by atoms with Crippen LogP contribution in [0.25, 0.3) is 0 Å². The fourth-order valence-corrected chi connectivity index (χ4v) is 3.84. The summed E-state index contributed by atoms with van der Waals surface area (Å²) in [5.74, 6) is 1.80. The molecule has 2 heterocycles. The second-order valence-electron chi connectivity index (χ2n) is 5.06. The summed E-state index contributed by atoms with van der Waals surface area (Å²) in [5.41, 5.74) is 1.28. The molecule has 2 aromatic rings.